The van der Waals surface area contributed by atoms with Gasteiger partial charge < -0.3 is 10.1 Å². The molecule has 1 unspecified atom stereocenters. The summed E-state index contributed by atoms with van der Waals surface area (Å²) in [5, 5.41) is 3.57. The lowest BCUT2D eigenvalue weighted by Crippen LogP contribution is -2.25. The maximum absolute atomic E-state index is 5.91. The van der Waals surface area contributed by atoms with E-state index in [1.807, 2.05) is 0 Å². The Hall–Kier alpha value is 0.270. The second-order valence-electron chi connectivity index (χ2n) is 5.42. The average Bonchev–Trinajstić information content (AvgIpc) is 2.88. The molecule has 1 N–H and O–H groups in total. The van der Waals surface area contributed by atoms with Crippen molar-refractivity contribution in [3.8, 4) is 0 Å². The summed E-state index contributed by atoms with van der Waals surface area (Å²) in [5.41, 5.74) is 0. The molecule has 17 heavy (non-hydrogen) atoms. The Bertz CT molecular complexity index is 189. The summed E-state index contributed by atoms with van der Waals surface area (Å²) in [7, 11) is 0. The van der Waals surface area contributed by atoms with E-state index in [1.54, 1.807) is 0 Å². The van der Waals surface area contributed by atoms with Crippen molar-refractivity contribution in [3.63, 3.8) is 0 Å². The Morgan fingerprint density at radius 1 is 1.12 bits per heavy atom. The van der Waals surface area contributed by atoms with Gasteiger partial charge in [-0.1, -0.05) is 19.3 Å². The molecule has 3 heteroatoms. The van der Waals surface area contributed by atoms with Gasteiger partial charge in [-0.3, -0.25) is 0 Å². The first kappa shape index (κ1) is 13.7. The maximum Gasteiger partial charge on any atom is 0.0575 e. The van der Waals surface area contributed by atoms with E-state index in [-0.39, 0.29) is 0 Å². The molecule has 1 aliphatic heterocycles. The standard InChI is InChI=1S/C14H27NOS/c1-2-5-14(6-3-1)16-9-4-8-15-11-13-7-10-17-12-13/h13-15H,1-12H2. The molecule has 2 aliphatic rings. The van der Waals surface area contributed by atoms with Gasteiger partial charge in [-0.25, -0.2) is 0 Å². The minimum atomic E-state index is 0.579. The van der Waals surface area contributed by atoms with Crippen LogP contribution in [0.1, 0.15) is 44.9 Å². The van der Waals surface area contributed by atoms with Crippen LogP contribution in [0.5, 0.6) is 0 Å². The molecule has 2 rings (SSSR count). The zero-order valence-corrected chi connectivity index (χ0v) is 11.8. The molecule has 2 fully saturated rings. The lowest BCUT2D eigenvalue weighted by molar-refractivity contribution is 0.0273. The smallest absolute Gasteiger partial charge is 0.0575 e. The highest BCUT2D eigenvalue weighted by Gasteiger charge is 2.15. The minimum absolute atomic E-state index is 0.579. The molecule has 0 aromatic rings. The predicted octanol–water partition coefficient (Wildman–Crippen LogP) is 3.07. The SMILES string of the molecule is C1CCC(OCCCNCC2CCSC2)CC1. The summed E-state index contributed by atoms with van der Waals surface area (Å²) in [4.78, 5) is 0. The molecular weight excluding hydrogens is 230 g/mol. The van der Waals surface area contributed by atoms with Crippen LogP contribution in [0.4, 0.5) is 0 Å². The normalized spacial score (nSPS) is 26.5. The van der Waals surface area contributed by atoms with Gasteiger partial charge in [-0.2, -0.15) is 11.8 Å². The molecule has 1 heterocycles. The Kier molecular flexibility index (Phi) is 6.76. The average molecular weight is 257 g/mol. The van der Waals surface area contributed by atoms with Crippen LogP contribution in [0, 0.1) is 5.92 Å². The first-order valence-corrected chi connectivity index (χ1v) is 8.50. The van der Waals surface area contributed by atoms with E-state index >= 15 is 0 Å². The summed E-state index contributed by atoms with van der Waals surface area (Å²) >= 11 is 2.10. The van der Waals surface area contributed by atoms with Gasteiger partial charge in [-0.05, 0) is 56.2 Å². The van der Waals surface area contributed by atoms with Crippen LogP contribution >= 0.6 is 11.8 Å². The van der Waals surface area contributed by atoms with Gasteiger partial charge in [0.05, 0.1) is 6.10 Å². The summed E-state index contributed by atoms with van der Waals surface area (Å²) in [6.07, 6.45) is 9.94. The number of ether oxygens (including phenoxy) is 1. The minimum Gasteiger partial charge on any atom is -0.378 e. The molecule has 0 bridgehead atoms. The van der Waals surface area contributed by atoms with Crippen molar-refractivity contribution in [1.29, 1.82) is 0 Å². The molecule has 0 aromatic heterocycles. The number of hydrogen-bond donors (Lipinski definition) is 1. The first-order chi connectivity index (χ1) is 8.45. The van der Waals surface area contributed by atoms with Gasteiger partial charge in [-0.15, -0.1) is 0 Å². The highest BCUT2D eigenvalue weighted by Crippen LogP contribution is 2.22. The van der Waals surface area contributed by atoms with Gasteiger partial charge >= 0.3 is 0 Å². The second kappa shape index (κ2) is 8.39. The number of hydrogen-bond acceptors (Lipinski definition) is 3. The Morgan fingerprint density at radius 3 is 2.76 bits per heavy atom. The number of nitrogens with one attached hydrogen (secondary N) is 1. The number of rotatable bonds is 7. The van der Waals surface area contributed by atoms with E-state index in [1.165, 1.54) is 63.0 Å². The van der Waals surface area contributed by atoms with E-state index in [4.69, 9.17) is 4.74 Å². The lowest BCUT2D eigenvalue weighted by atomic mass is 9.98. The van der Waals surface area contributed by atoms with Crippen LogP contribution in [-0.4, -0.2) is 37.3 Å². The fourth-order valence-corrected chi connectivity index (χ4v) is 4.01. The van der Waals surface area contributed by atoms with Crippen LogP contribution in [0.3, 0.4) is 0 Å². The molecule has 0 radical (unpaired) electrons. The van der Waals surface area contributed by atoms with E-state index in [0.717, 1.165) is 19.1 Å². The van der Waals surface area contributed by atoms with Crippen LogP contribution < -0.4 is 5.32 Å². The van der Waals surface area contributed by atoms with Crippen molar-refractivity contribution in [1.82, 2.24) is 5.32 Å². The molecule has 1 atom stereocenters. The van der Waals surface area contributed by atoms with Crippen molar-refractivity contribution in [2.45, 2.75) is 51.0 Å². The summed E-state index contributed by atoms with van der Waals surface area (Å²) in [5.74, 6) is 3.67. The quantitative estimate of drug-likeness (QED) is 0.708. The van der Waals surface area contributed by atoms with Crippen molar-refractivity contribution in [2.75, 3.05) is 31.2 Å². The van der Waals surface area contributed by atoms with Gasteiger partial charge in [0, 0.05) is 6.61 Å². The summed E-state index contributed by atoms with van der Waals surface area (Å²) in [6.45, 7) is 3.31. The van der Waals surface area contributed by atoms with Gasteiger partial charge in [0.1, 0.15) is 0 Å². The molecule has 1 saturated carbocycles. The molecule has 2 nitrogen and oxygen atoms in total. The van der Waals surface area contributed by atoms with E-state index < -0.39 is 0 Å². The van der Waals surface area contributed by atoms with Crippen LogP contribution in [-0.2, 0) is 4.74 Å². The van der Waals surface area contributed by atoms with E-state index in [0.29, 0.717) is 6.10 Å². The van der Waals surface area contributed by atoms with Gasteiger partial charge in [0.25, 0.3) is 0 Å². The van der Waals surface area contributed by atoms with Crippen LogP contribution in [0.2, 0.25) is 0 Å². The Morgan fingerprint density at radius 2 is 2.00 bits per heavy atom. The van der Waals surface area contributed by atoms with Crippen molar-refractivity contribution >= 4 is 11.8 Å². The monoisotopic (exact) mass is 257 g/mol. The van der Waals surface area contributed by atoms with Crippen LogP contribution in [0.15, 0.2) is 0 Å². The molecule has 1 saturated heterocycles. The molecule has 1 aliphatic carbocycles. The molecule has 100 valence electrons. The van der Waals surface area contributed by atoms with Gasteiger partial charge in [0.2, 0.25) is 0 Å². The highest BCUT2D eigenvalue weighted by molar-refractivity contribution is 7.99. The number of thioether (sulfide) groups is 1. The van der Waals surface area contributed by atoms with Gasteiger partial charge in [0.15, 0.2) is 0 Å². The van der Waals surface area contributed by atoms with Crippen molar-refractivity contribution in [3.05, 3.63) is 0 Å². The Balaban J connectivity index is 1.38. The Labute approximate surface area is 110 Å². The maximum atomic E-state index is 5.91. The third-order valence-electron chi connectivity index (χ3n) is 3.86. The van der Waals surface area contributed by atoms with E-state index in [2.05, 4.69) is 17.1 Å². The van der Waals surface area contributed by atoms with Crippen molar-refractivity contribution < 1.29 is 4.74 Å². The first-order valence-electron chi connectivity index (χ1n) is 7.35. The molecule has 0 aromatic carbocycles. The predicted molar refractivity (Wildman–Crippen MR) is 75.7 cm³/mol. The third-order valence-corrected chi connectivity index (χ3v) is 5.09. The topological polar surface area (TPSA) is 21.3 Å². The van der Waals surface area contributed by atoms with Crippen molar-refractivity contribution in [2.24, 2.45) is 5.92 Å². The second-order valence-corrected chi connectivity index (χ2v) is 6.57. The fourth-order valence-electron chi connectivity index (χ4n) is 2.73. The zero-order valence-electron chi connectivity index (χ0n) is 11.0. The summed E-state index contributed by atoms with van der Waals surface area (Å²) in [6, 6.07) is 0. The zero-order chi connectivity index (χ0) is 11.8. The largest absolute Gasteiger partial charge is 0.378 e. The molecular formula is C14H27NOS. The third kappa shape index (κ3) is 5.62. The molecule has 0 amide bonds. The highest BCUT2D eigenvalue weighted by atomic mass is 32.2. The van der Waals surface area contributed by atoms with Crippen LogP contribution in [0.25, 0.3) is 0 Å². The van der Waals surface area contributed by atoms with E-state index in [9.17, 15) is 0 Å². The molecule has 0 spiro atoms. The lowest BCUT2D eigenvalue weighted by Gasteiger charge is -2.22. The fraction of sp³-hybridized carbons (Fsp3) is 1.00. The summed E-state index contributed by atoms with van der Waals surface area (Å²) < 4.78 is 5.91.